The molecule has 3 rings (SSSR count). The minimum Gasteiger partial charge on any atom is -0.472 e. The van der Waals surface area contributed by atoms with Crippen LogP contribution in [0, 0.1) is 17.7 Å². The standard InChI is InChI=1S/C19H18FNO3/c20-16-4-1-3-14(11-16)6-9-19(23)8-2-5-17(12-19)21-18(22)15-7-10-24-13-15/h1,3-4,7,10-11,13,17,23H,2,5,8,12H2,(H,21,22)/t17-,19+/m0/s1. The second-order valence-corrected chi connectivity index (χ2v) is 6.07. The van der Waals surface area contributed by atoms with Crippen LogP contribution in [0.15, 0.2) is 47.3 Å². The van der Waals surface area contributed by atoms with Gasteiger partial charge in [0.25, 0.3) is 5.91 Å². The van der Waals surface area contributed by atoms with E-state index in [0.29, 0.717) is 24.0 Å². The molecular formula is C19H18FNO3. The number of carbonyl (C=O) groups excluding carboxylic acids is 1. The lowest BCUT2D eigenvalue weighted by atomic mass is 9.82. The highest BCUT2D eigenvalue weighted by Crippen LogP contribution is 2.28. The summed E-state index contributed by atoms with van der Waals surface area (Å²) in [4.78, 5) is 12.1. The van der Waals surface area contributed by atoms with Crippen molar-refractivity contribution in [3.63, 3.8) is 0 Å². The average Bonchev–Trinajstić information content (AvgIpc) is 3.08. The van der Waals surface area contributed by atoms with Gasteiger partial charge in [0, 0.05) is 18.0 Å². The predicted molar refractivity (Wildman–Crippen MR) is 86.7 cm³/mol. The maximum absolute atomic E-state index is 13.2. The van der Waals surface area contributed by atoms with Crippen LogP contribution in [0.5, 0.6) is 0 Å². The average molecular weight is 327 g/mol. The van der Waals surface area contributed by atoms with Crippen LogP contribution in [0.1, 0.15) is 41.6 Å². The summed E-state index contributed by atoms with van der Waals surface area (Å²) in [5.41, 5.74) is -0.207. The van der Waals surface area contributed by atoms with Gasteiger partial charge in [-0.15, -0.1) is 0 Å². The van der Waals surface area contributed by atoms with Crippen molar-refractivity contribution in [3.05, 3.63) is 59.8 Å². The van der Waals surface area contributed by atoms with Crippen LogP contribution >= 0.6 is 0 Å². The SMILES string of the molecule is O=C(N[C@H]1CCC[C@@](O)(C#Cc2cccc(F)c2)C1)c1ccoc1. The maximum Gasteiger partial charge on any atom is 0.254 e. The Kier molecular flexibility index (Phi) is 4.68. The molecule has 1 fully saturated rings. The molecule has 1 heterocycles. The van der Waals surface area contributed by atoms with E-state index in [1.807, 2.05) is 0 Å². The molecular weight excluding hydrogens is 309 g/mol. The van der Waals surface area contributed by atoms with E-state index in [4.69, 9.17) is 4.42 Å². The van der Waals surface area contributed by atoms with E-state index in [2.05, 4.69) is 17.2 Å². The predicted octanol–water partition coefficient (Wildman–Crippen LogP) is 2.87. The zero-order chi connectivity index (χ0) is 17.0. The molecule has 0 aliphatic heterocycles. The molecule has 0 bridgehead atoms. The fourth-order valence-electron chi connectivity index (χ4n) is 2.91. The fraction of sp³-hybridized carbons (Fsp3) is 0.316. The summed E-state index contributed by atoms with van der Waals surface area (Å²) >= 11 is 0. The van der Waals surface area contributed by atoms with Gasteiger partial charge in [0.2, 0.25) is 0 Å². The minimum absolute atomic E-state index is 0.159. The molecule has 5 heteroatoms. The van der Waals surface area contributed by atoms with Crippen molar-refractivity contribution >= 4 is 5.91 Å². The summed E-state index contributed by atoms with van der Waals surface area (Å²) in [5.74, 6) is 5.09. The fourth-order valence-corrected chi connectivity index (χ4v) is 2.91. The molecule has 2 atom stereocenters. The molecule has 24 heavy (non-hydrogen) atoms. The molecule has 0 unspecified atom stereocenters. The lowest BCUT2D eigenvalue weighted by molar-refractivity contribution is 0.0452. The number of nitrogens with one attached hydrogen (secondary N) is 1. The number of rotatable bonds is 2. The Bertz CT molecular complexity index is 775. The van der Waals surface area contributed by atoms with Gasteiger partial charge in [-0.3, -0.25) is 4.79 Å². The van der Waals surface area contributed by atoms with Crippen LogP contribution in [-0.2, 0) is 0 Å². The number of carbonyl (C=O) groups is 1. The second-order valence-electron chi connectivity index (χ2n) is 6.07. The molecule has 1 aliphatic carbocycles. The number of aliphatic hydroxyl groups is 1. The Hall–Kier alpha value is -2.58. The Morgan fingerprint density at radius 2 is 2.29 bits per heavy atom. The van der Waals surface area contributed by atoms with Crippen molar-refractivity contribution in [1.29, 1.82) is 0 Å². The van der Waals surface area contributed by atoms with Crippen molar-refractivity contribution in [2.24, 2.45) is 0 Å². The highest BCUT2D eigenvalue weighted by atomic mass is 19.1. The van der Waals surface area contributed by atoms with Crippen LogP contribution in [0.25, 0.3) is 0 Å². The quantitative estimate of drug-likeness (QED) is 0.834. The first-order chi connectivity index (χ1) is 11.5. The van der Waals surface area contributed by atoms with Crippen molar-refractivity contribution in [2.45, 2.75) is 37.3 Å². The summed E-state index contributed by atoms with van der Waals surface area (Å²) in [6.07, 6.45) is 5.25. The van der Waals surface area contributed by atoms with E-state index >= 15 is 0 Å². The van der Waals surface area contributed by atoms with Gasteiger partial charge >= 0.3 is 0 Å². The smallest absolute Gasteiger partial charge is 0.254 e. The maximum atomic E-state index is 13.2. The van der Waals surface area contributed by atoms with Crippen LogP contribution in [0.2, 0.25) is 0 Å². The molecule has 0 radical (unpaired) electrons. The van der Waals surface area contributed by atoms with Gasteiger partial charge in [-0.1, -0.05) is 17.9 Å². The molecule has 1 aromatic heterocycles. The normalized spacial score (nSPS) is 23.2. The summed E-state index contributed by atoms with van der Waals surface area (Å²) in [5, 5.41) is 13.6. The second kappa shape index (κ2) is 6.90. The summed E-state index contributed by atoms with van der Waals surface area (Å²) in [6, 6.07) is 7.39. The number of hydrogen-bond donors (Lipinski definition) is 2. The Balaban J connectivity index is 1.67. The van der Waals surface area contributed by atoms with E-state index in [0.717, 1.165) is 12.8 Å². The number of benzene rings is 1. The summed E-state index contributed by atoms with van der Waals surface area (Å²) in [6.45, 7) is 0. The van der Waals surface area contributed by atoms with Crippen molar-refractivity contribution < 1.29 is 18.7 Å². The number of halogens is 1. The van der Waals surface area contributed by atoms with Gasteiger partial charge in [0.15, 0.2) is 0 Å². The first-order valence-electron chi connectivity index (χ1n) is 7.88. The molecule has 1 amide bonds. The molecule has 1 saturated carbocycles. The van der Waals surface area contributed by atoms with Crippen LogP contribution in [0.3, 0.4) is 0 Å². The van der Waals surface area contributed by atoms with E-state index in [1.54, 1.807) is 18.2 Å². The van der Waals surface area contributed by atoms with Crippen LogP contribution in [-0.4, -0.2) is 22.7 Å². The summed E-state index contributed by atoms with van der Waals surface area (Å²) in [7, 11) is 0. The molecule has 2 N–H and O–H groups in total. The van der Waals surface area contributed by atoms with E-state index in [9.17, 15) is 14.3 Å². The third-order valence-electron chi connectivity index (χ3n) is 4.11. The van der Waals surface area contributed by atoms with Crippen molar-refractivity contribution in [1.82, 2.24) is 5.32 Å². The number of amides is 1. The molecule has 124 valence electrons. The Morgan fingerprint density at radius 1 is 1.42 bits per heavy atom. The molecule has 2 aromatic rings. The van der Waals surface area contributed by atoms with E-state index in [1.165, 1.54) is 24.7 Å². The van der Waals surface area contributed by atoms with Gasteiger partial charge in [0.05, 0.1) is 11.8 Å². The van der Waals surface area contributed by atoms with Crippen LogP contribution in [0.4, 0.5) is 4.39 Å². The third-order valence-corrected chi connectivity index (χ3v) is 4.11. The van der Waals surface area contributed by atoms with Crippen molar-refractivity contribution in [2.75, 3.05) is 0 Å². The zero-order valence-corrected chi connectivity index (χ0v) is 13.1. The topological polar surface area (TPSA) is 62.5 Å². The first kappa shape index (κ1) is 16.3. The minimum atomic E-state index is -1.18. The van der Waals surface area contributed by atoms with Gasteiger partial charge in [-0.2, -0.15) is 0 Å². The van der Waals surface area contributed by atoms with Crippen molar-refractivity contribution in [3.8, 4) is 11.8 Å². The van der Waals surface area contributed by atoms with E-state index < -0.39 is 5.60 Å². The van der Waals surface area contributed by atoms with Gasteiger partial charge in [-0.05, 0) is 43.5 Å². The monoisotopic (exact) mass is 327 g/mol. The lowest BCUT2D eigenvalue weighted by Crippen LogP contribution is -2.45. The van der Waals surface area contributed by atoms with Crippen LogP contribution < -0.4 is 5.32 Å². The lowest BCUT2D eigenvalue weighted by Gasteiger charge is -2.33. The Labute approximate surface area is 139 Å². The highest BCUT2D eigenvalue weighted by Gasteiger charge is 2.33. The Morgan fingerprint density at radius 3 is 3.04 bits per heavy atom. The number of hydrogen-bond acceptors (Lipinski definition) is 3. The van der Waals surface area contributed by atoms with Gasteiger partial charge in [0.1, 0.15) is 17.7 Å². The first-order valence-corrected chi connectivity index (χ1v) is 7.88. The molecule has 4 nitrogen and oxygen atoms in total. The molecule has 1 aliphatic rings. The largest absolute Gasteiger partial charge is 0.472 e. The zero-order valence-electron chi connectivity index (χ0n) is 13.1. The highest BCUT2D eigenvalue weighted by molar-refractivity contribution is 5.93. The van der Waals surface area contributed by atoms with Gasteiger partial charge < -0.3 is 14.8 Å². The summed E-state index contributed by atoms with van der Waals surface area (Å²) < 4.78 is 18.1. The molecule has 0 saturated heterocycles. The molecule has 0 spiro atoms. The molecule has 1 aromatic carbocycles. The third kappa shape index (κ3) is 4.03. The van der Waals surface area contributed by atoms with E-state index in [-0.39, 0.29) is 17.8 Å². The number of furan rings is 1. The van der Waals surface area contributed by atoms with Gasteiger partial charge in [-0.25, -0.2) is 4.39 Å².